The molecule has 0 unspecified atom stereocenters. The van der Waals surface area contributed by atoms with Crippen molar-refractivity contribution >= 4 is 34.4 Å². The number of anilines is 1. The highest BCUT2D eigenvalue weighted by molar-refractivity contribution is 6.29. The van der Waals surface area contributed by atoms with Gasteiger partial charge in [0.1, 0.15) is 16.6 Å². The fourth-order valence-corrected chi connectivity index (χ4v) is 5.26. The van der Waals surface area contributed by atoms with E-state index in [1.165, 1.54) is 0 Å². The molecule has 0 aromatic carbocycles. The number of halogens is 1. The standard InChI is InChI=1S/C24H29ClN6O/c1-31-11-3-5-20(31)24(32)29-17-8-6-16(7-9-17)28-22-13-15(12-21(25)30-22)19-14-27-23-18(19)4-2-10-26-23/h2,4,10,12-14,16-17,20H,3,5-9,11H2,1H3,(H,26,27)(H,28,30)(H,29,32)/t16?,17?,20-/m0/s1. The maximum Gasteiger partial charge on any atom is 0.237 e. The molecule has 1 saturated heterocycles. The van der Waals surface area contributed by atoms with Gasteiger partial charge in [-0.1, -0.05) is 11.6 Å². The van der Waals surface area contributed by atoms with E-state index in [0.29, 0.717) is 11.2 Å². The SMILES string of the molecule is CN1CCC[C@H]1C(=O)NC1CCC(Nc2cc(-c3c[nH]c4ncccc34)cc(Cl)n2)CC1. The Bertz CT molecular complexity index is 1110. The Labute approximate surface area is 193 Å². The van der Waals surface area contributed by atoms with E-state index in [9.17, 15) is 4.79 Å². The third kappa shape index (κ3) is 4.45. The number of pyridine rings is 2. The Hall–Kier alpha value is -2.64. The lowest BCUT2D eigenvalue weighted by molar-refractivity contribution is -0.126. The van der Waals surface area contributed by atoms with Crippen molar-refractivity contribution in [1.82, 2.24) is 25.2 Å². The molecule has 1 saturated carbocycles. The Morgan fingerprint density at radius 3 is 2.78 bits per heavy atom. The number of aromatic nitrogens is 3. The third-order valence-electron chi connectivity index (χ3n) is 6.80. The monoisotopic (exact) mass is 452 g/mol. The Morgan fingerprint density at radius 1 is 1.19 bits per heavy atom. The number of fused-ring (bicyclic) bond motifs is 1. The molecule has 168 valence electrons. The van der Waals surface area contributed by atoms with Gasteiger partial charge in [0.05, 0.1) is 6.04 Å². The molecule has 2 aliphatic rings. The molecule has 5 rings (SSSR count). The van der Waals surface area contributed by atoms with Crippen LogP contribution in [0.1, 0.15) is 38.5 Å². The summed E-state index contributed by atoms with van der Waals surface area (Å²) in [5.74, 6) is 0.974. The number of nitrogens with zero attached hydrogens (tertiary/aromatic N) is 3. The molecule has 0 radical (unpaired) electrons. The molecule has 1 aliphatic heterocycles. The lowest BCUT2D eigenvalue weighted by Gasteiger charge is -2.31. The van der Waals surface area contributed by atoms with Crippen LogP contribution in [0.5, 0.6) is 0 Å². The van der Waals surface area contributed by atoms with E-state index in [1.54, 1.807) is 6.20 Å². The minimum Gasteiger partial charge on any atom is -0.367 e. The molecule has 1 aliphatic carbocycles. The molecular formula is C24H29ClN6O. The third-order valence-corrected chi connectivity index (χ3v) is 7.00. The van der Waals surface area contributed by atoms with Gasteiger partial charge in [0, 0.05) is 35.4 Å². The zero-order valence-corrected chi connectivity index (χ0v) is 19.0. The number of likely N-dealkylation sites (N-methyl/N-ethyl adjacent to an activating group) is 1. The molecule has 2 fully saturated rings. The number of H-pyrrole nitrogens is 1. The lowest BCUT2D eigenvalue weighted by atomic mass is 9.91. The van der Waals surface area contributed by atoms with Gasteiger partial charge < -0.3 is 15.6 Å². The van der Waals surface area contributed by atoms with E-state index < -0.39 is 0 Å². The van der Waals surface area contributed by atoms with Crippen LogP contribution in [0, 0.1) is 0 Å². The number of aromatic amines is 1. The number of nitrogens with one attached hydrogen (secondary N) is 3. The molecule has 1 atom stereocenters. The molecule has 3 aromatic heterocycles. The topological polar surface area (TPSA) is 85.9 Å². The van der Waals surface area contributed by atoms with Gasteiger partial charge in [-0.25, -0.2) is 9.97 Å². The quantitative estimate of drug-likeness (QED) is 0.505. The second kappa shape index (κ2) is 9.08. The van der Waals surface area contributed by atoms with Crippen molar-refractivity contribution in [2.75, 3.05) is 18.9 Å². The van der Waals surface area contributed by atoms with E-state index in [0.717, 1.165) is 73.0 Å². The van der Waals surface area contributed by atoms with Crippen molar-refractivity contribution in [1.29, 1.82) is 0 Å². The van der Waals surface area contributed by atoms with Crippen molar-refractivity contribution in [3.8, 4) is 11.1 Å². The summed E-state index contributed by atoms with van der Waals surface area (Å²) in [6, 6.07) is 8.54. The number of carbonyl (C=O) groups excluding carboxylic acids is 1. The minimum absolute atomic E-state index is 0.0413. The highest BCUT2D eigenvalue weighted by Crippen LogP contribution is 2.31. The first-order valence-electron chi connectivity index (χ1n) is 11.4. The van der Waals surface area contributed by atoms with E-state index in [1.807, 2.05) is 31.4 Å². The van der Waals surface area contributed by atoms with Crippen LogP contribution in [0.25, 0.3) is 22.2 Å². The van der Waals surface area contributed by atoms with Gasteiger partial charge >= 0.3 is 0 Å². The molecule has 7 nitrogen and oxygen atoms in total. The van der Waals surface area contributed by atoms with Crippen LogP contribution in [0.2, 0.25) is 5.15 Å². The predicted molar refractivity (Wildman–Crippen MR) is 128 cm³/mol. The average molecular weight is 453 g/mol. The molecule has 3 aromatic rings. The predicted octanol–water partition coefficient (Wildman–Crippen LogP) is 4.21. The molecular weight excluding hydrogens is 424 g/mol. The van der Waals surface area contributed by atoms with Crippen LogP contribution in [0.15, 0.2) is 36.7 Å². The first kappa shape index (κ1) is 21.2. The highest BCUT2D eigenvalue weighted by atomic mass is 35.5. The minimum atomic E-state index is 0.0413. The summed E-state index contributed by atoms with van der Waals surface area (Å²) in [6.45, 7) is 1.01. The van der Waals surface area contributed by atoms with Gasteiger partial charge in [-0.3, -0.25) is 9.69 Å². The molecule has 0 bridgehead atoms. The van der Waals surface area contributed by atoms with Crippen LogP contribution in [-0.2, 0) is 4.79 Å². The number of carbonyl (C=O) groups is 1. The zero-order valence-electron chi connectivity index (χ0n) is 18.3. The number of hydrogen-bond donors (Lipinski definition) is 3. The van der Waals surface area contributed by atoms with Crippen LogP contribution >= 0.6 is 11.6 Å². The zero-order chi connectivity index (χ0) is 22.1. The second-order valence-corrected chi connectivity index (χ2v) is 9.39. The van der Waals surface area contributed by atoms with E-state index in [4.69, 9.17) is 11.6 Å². The fraction of sp³-hybridized carbons (Fsp3) is 0.458. The average Bonchev–Trinajstić information content (AvgIpc) is 3.41. The number of hydrogen-bond acceptors (Lipinski definition) is 5. The first-order valence-corrected chi connectivity index (χ1v) is 11.8. The van der Waals surface area contributed by atoms with Gasteiger partial charge in [-0.15, -0.1) is 0 Å². The molecule has 1 amide bonds. The lowest BCUT2D eigenvalue weighted by Crippen LogP contribution is -2.47. The van der Waals surface area contributed by atoms with Crippen molar-refractivity contribution in [2.24, 2.45) is 0 Å². The smallest absolute Gasteiger partial charge is 0.237 e. The number of amides is 1. The maximum atomic E-state index is 12.6. The molecule has 0 spiro atoms. The highest BCUT2D eigenvalue weighted by Gasteiger charge is 2.30. The molecule has 32 heavy (non-hydrogen) atoms. The van der Waals surface area contributed by atoms with Crippen molar-refractivity contribution in [3.63, 3.8) is 0 Å². The summed E-state index contributed by atoms with van der Waals surface area (Å²) >= 11 is 6.36. The van der Waals surface area contributed by atoms with Crippen LogP contribution < -0.4 is 10.6 Å². The van der Waals surface area contributed by atoms with Gasteiger partial charge in [0.2, 0.25) is 5.91 Å². The summed E-state index contributed by atoms with van der Waals surface area (Å²) in [4.78, 5) is 26.8. The normalized spacial score (nSPS) is 24.0. The van der Waals surface area contributed by atoms with Crippen LogP contribution in [-0.4, -0.2) is 57.5 Å². The largest absolute Gasteiger partial charge is 0.367 e. The van der Waals surface area contributed by atoms with E-state index in [-0.39, 0.29) is 18.0 Å². The summed E-state index contributed by atoms with van der Waals surface area (Å²) < 4.78 is 0. The summed E-state index contributed by atoms with van der Waals surface area (Å²) in [5, 5.41) is 8.36. The summed E-state index contributed by atoms with van der Waals surface area (Å²) in [7, 11) is 2.04. The Kier molecular flexibility index (Phi) is 6.02. The van der Waals surface area contributed by atoms with E-state index >= 15 is 0 Å². The number of rotatable bonds is 5. The summed E-state index contributed by atoms with van der Waals surface area (Å²) in [6.07, 6.45) is 9.74. The molecule has 8 heteroatoms. The van der Waals surface area contributed by atoms with Gasteiger partial charge in [0.15, 0.2) is 0 Å². The maximum absolute atomic E-state index is 12.6. The van der Waals surface area contributed by atoms with Crippen LogP contribution in [0.4, 0.5) is 5.82 Å². The number of likely N-dealkylation sites (tertiary alicyclic amines) is 1. The van der Waals surface area contributed by atoms with Crippen molar-refractivity contribution in [3.05, 3.63) is 41.8 Å². The Balaban J connectivity index is 1.21. The molecule has 4 heterocycles. The van der Waals surface area contributed by atoms with Gasteiger partial charge in [-0.2, -0.15) is 0 Å². The summed E-state index contributed by atoms with van der Waals surface area (Å²) in [5.41, 5.74) is 2.92. The van der Waals surface area contributed by atoms with Gasteiger partial charge in [0.25, 0.3) is 0 Å². The van der Waals surface area contributed by atoms with Crippen molar-refractivity contribution in [2.45, 2.75) is 56.7 Å². The first-order chi connectivity index (χ1) is 15.6. The van der Waals surface area contributed by atoms with E-state index in [2.05, 4.69) is 36.6 Å². The Morgan fingerprint density at radius 2 is 2.00 bits per heavy atom. The van der Waals surface area contributed by atoms with Crippen molar-refractivity contribution < 1.29 is 4.79 Å². The van der Waals surface area contributed by atoms with Gasteiger partial charge in [-0.05, 0) is 81.9 Å². The second-order valence-electron chi connectivity index (χ2n) is 9.01. The fourth-order valence-electron chi connectivity index (χ4n) is 5.05. The molecule has 3 N–H and O–H groups in total. The van der Waals surface area contributed by atoms with Crippen LogP contribution in [0.3, 0.4) is 0 Å².